The summed E-state index contributed by atoms with van der Waals surface area (Å²) in [6.45, 7) is 0. The number of carboxylic acid groups (broad SMARTS) is 1. The van der Waals surface area contributed by atoms with Crippen LogP contribution in [0, 0.1) is 11.6 Å². The number of carbonyl (C=O) groups is 2. The molecule has 0 fully saturated rings. The van der Waals surface area contributed by atoms with Crippen molar-refractivity contribution in [1.82, 2.24) is 5.32 Å². The van der Waals surface area contributed by atoms with Crippen LogP contribution in [0.15, 0.2) is 48.5 Å². The number of hydrogen-bond donors (Lipinski definition) is 2. The highest BCUT2D eigenvalue weighted by Crippen LogP contribution is 2.10. The fraction of sp³-hybridized carbons (Fsp3) is 0.125. The summed E-state index contributed by atoms with van der Waals surface area (Å²) < 4.78 is 26.4. The molecule has 114 valence electrons. The van der Waals surface area contributed by atoms with Crippen LogP contribution in [-0.4, -0.2) is 23.0 Å². The molecule has 1 atom stereocenters. The van der Waals surface area contributed by atoms with Crippen molar-refractivity contribution in [2.24, 2.45) is 0 Å². The van der Waals surface area contributed by atoms with Crippen molar-refractivity contribution in [3.8, 4) is 0 Å². The Morgan fingerprint density at radius 2 is 1.77 bits per heavy atom. The maximum atomic E-state index is 13.5. The van der Waals surface area contributed by atoms with Gasteiger partial charge < -0.3 is 10.4 Å². The van der Waals surface area contributed by atoms with Crippen LogP contribution in [0.5, 0.6) is 0 Å². The van der Waals surface area contributed by atoms with Crippen LogP contribution >= 0.6 is 0 Å². The van der Waals surface area contributed by atoms with Gasteiger partial charge in [0, 0.05) is 12.5 Å². The molecule has 0 aromatic heterocycles. The number of carboxylic acids is 1. The highest BCUT2D eigenvalue weighted by Gasteiger charge is 2.22. The molecule has 0 saturated carbocycles. The second kappa shape index (κ2) is 6.80. The first-order valence-corrected chi connectivity index (χ1v) is 6.50. The molecule has 0 heterocycles. The Bertz CT molecular complexity index is 689. The summed E-state index contributed by atoms with van der Waals surface area (Å²) >= 11 is 0. The normalized spacial score (nSPS) is 11.7. The van der Waals surface area contributed by atoms with Crippen molar-refractivity contribution in [3.05, 3.63) is 71.3 Å². The predicted molar refractivity (Wildman–Crippen MR) is 75.4 cm³/mol. The third-order valence-electron chi connectivity index (χ3n) is 3.06. The summed E-state index contributed by atoms with van der Waals surface area (Å²) in [5, 5.41) is 11.4. The Kier molecular flexibility index (Phi) is 4.83. The quantitative estimate of drug-likeness (QED) is 0.891. The summed E-state index contributed by atoms with van der Waals surface area (Å²) in [6, 6.07) is 9.99. The van der Waals surface area contributed by atoms with Gasteiger partial charge in [-0.15, -0.1) is 0 Å². The Morgan fingerprint density at radius 1 is 1.09 bits per heavy atom. The molecular formula is C16H13F2NO3. The highest BCUT2D eigenvalue weighted by atomic mass is 19.1. The first-order valence-electron chi connectivity index (χ1n) is 6.50. The van der Waals surface area contributed by atoms with E-state index in [1.54, 1.807) is 30.3 Å². The van der Waals surface area contributed by atoms with E-state index in [0.717, 1.165) is 17.7 Å². The van der Waals surface area contributed by atoms with Gasteiger partial charge in [0.15, 0.2) is 0 Å². The number of hydrogen-bond acceptors (Lipinski definition) is 2. The van der Waals surface area contributed by atoms with Crippen LogP contribution in [0.2, 0.25) is 0 Å². The van der Waals surface area contributed by atoms with Crippen LogP contribution in [0.25, 0.3) is 0 Å². The van der Waals surface area contributed by atoms with Gasteiger partial charge in [-0.2, -0.15) is 0 Å². The molecule has 1 amide bonds. The summed E-state index contributed by atoms with van der Waals surface area (Å²) in [7, 11) is 0. The van der Waals surface area contributed by atoms with Crippen LogP contribution in [-0.2, 0) is 11.2 Å². The molecule has 0 bridgehead atoms. The number of nitrogens with one attached hydrogen (secondary N) is 1. The molecule has 22 heavy (non-hydrogen) atoms. The van der Waals surface area contributed by atoms with Crippen molar-refractivity contribution in [2.45, 2.75) is 12.5 Å². The third kappa shape index (κ3) is 3.88. The van der Waals surface area contributed by atoms with E-state index in [1.807, 2.05) is 0 Å². The number of aliphatic carboxylic acids is 1. The van der Waals surface area contributed by atoms with Gasteiger partial charge in [-0.05, 0) is 17.7 Å². The van der Waals surface area contributed by atoms with Crippen LogP contribution in [0.4, 0.5) is 8.78 Å². The average molecular weight is 305 g/mol. The maximum Gasteiger partial charge on any atom is 0.326 e. The number of amides is 1. The number of carbonyl (C=O) groups excluding carboxylic acids is 1. The van der Waals surface area contributed by atoms with Crippen molar-refractivity contribution in [2.75, 3.05) is 0 Å². The molecule has 4 nitrogen and oxygen atoms in total. The lowest BCUT2D eigenvalue weighted by atomic mass is 10.1. The summed E-state index contributed by atoms with van der Waals surface area (Å²) in [5.41, 5.74) is 0.315. The van der Waals surface area contributed by atoms with Gasteiger partial charge in [0.1, 0.15) is 17.7 Å². The predicted octanol–water partition coefficient (Wildman–Crippen LogP) is 2.39. The fourth-order valence-electron chi connectivity index (χ4n) is 1.96. The summed E-state index contributed by atoms with van der Waals surface area (Å²) in [4.78, 5) is 23.2. The van der Waals surface area contributed by atoms with Crippen molar-refractivity contribution in [3.63, 3.8) is 0 Å². The molecule has 2 aromatic rings. The van der Waals surface area contributed by atoms with Gasteiger partial charge in [-0.25, -0.2) is 13.6 Å². The van der Waals surface area contributed by atoms with Gasteiger partial charge >= 0.3 is 5.97 Å². The zero-order valence-electron chi connectivity index (χ0n) is 11.4. The van der Waals surface area contributed by atoms with E-state index in [-0.39, 0.29) is 6.42 Å². The van der Waals surface area contributed by atoms with Crippen molar-refractivity contribution < 1.29 is 23.5 Å². The molecule has 0 aliphatic carbocycles. The fourth-order valence-corrected chi connectivity index (χ4v) is 1.96. The van der Waals surface area contributed by atoms with E-state index in [0.29, 0.717) is 6.07 Å². The average Bonchev–Trinajstić information content (AvgIpc) is 2.47. The monoisotopic (exact) mass is 305 g/mol. The van der Waals surface area contributed by atoms with Gasteiger partial charge in [-0.3, -0.25) is 4.79 Å². The molecule has 2 aromatic carbocycles. The molecule has 0 saturated heterocycles. The number of rotatable bonds is 5. The number of benzene rings is 2. The maximum absolute atomic E-state index is 13.5. The second-order valence-electron chi connectivity index (χ2n) is 4.68. The first kappa shape index (κ1) is 15.6. The van der Waals surface area contributed by atoms with Gasteiger partial charge in [0.2, 0.25) is 0 Å². The van der Waals surface area contributed by atoms with E-state index in [9.17, 15) is 23.5 Å². The Morgan fingerprint density at radius 3 is 2.36 bits per heavy atom. The second-order valence-corrected chi connectivity index (χ2v) is 4.68. The highest BCUT2D eigenvalue weighted by molar-refractivity contribution is 5.96. The van der Waals surface area contributed by atoms with Crippen LogP contribution in [0.3, 0.4) is 0 Å². The van der Waals surface area contributed by atoms with E-state index >= 15 is 0 Å². The molecule has 0 radical (unpaired) electrons. The molecular weight excluding hydrogens is 292 g/mol. The molecule has 6 heteroatoms. The lowest BCUT2D eigenvalue weighted by molar-refractivity contribution is -0.139. The topological polar surface area (TPSA) is 66.4 Å². The standard InChI is InChI=1S/C16H13F2NO3/c17-11-6-7-12(13(18)9-11)15(20)19-14(16(21)22)8-10-4-2-1-3-5-10/h1-7,9,14H,8H2,(H,19,20)(H,21,22)/t14-/m1/s1. The summed E-state index contributed by atoms with van der Waals surface area (Å²) in [6.07, 6.45) is 0.0602. The molecule has 2 rings (SSSR count). The van der Waals surface area contributed by atoms with Gasteiger partial charge in [0.05, 0.1) is 5.56 Å². The Balaban J connectivity index is 2.14. The van der Waals surface area contributed by atoms with Crippen LogP contribution in [0.1, 0.15) is 15.9 Å². The molecule has 0 aliphatic rings. The lowest BCUT2D eigenvalue weighted by Gasteiger charge is -2.15. The Labute approximate surface area is 125 Å². The lowest BCUT2D eigenvalue weighted by Crippen LogP contribution is -2.42. The van der Waals surface area contributed by atoms with E-state index in [1.165, 1.54) is 0 Å². The minimum atomic E-state index is -1.24. The van der Waals surface area contributed by atoms with E-state index in [2.05, 4.69) is 5.32 Å². The minimum Gasteiger partial charge on any atom is -0.480 e. The summed E-state index contributed by atoms with van der Waals surface area (Å²) in [5.74, 6) is -3.99. The van der Waals surface area contributed by atoms with Gasteiger partial charge in [0.25, 0.3) is 5.91 Å². The molecule has 0 aliphatic heterocycles. The van der Waals surface area contributed by atoms with Crippen molar-refractivity contribution >= 4 is 11.9 Å². The third-order valence-corrected chi connectivity index (χ3v) is 3.06. The smallest absolute Gasteiger partial charge is 0.326 e. The molecule has 0 spiro atoms. The molecule has 2 N–H and O–H groups in total. The zero-order chi connectivity index (χ0) is 16.1. The van der Waals surface area contributed by atoms with Crippen LogP contribution < -0.4 is 5.32 Å². The van der Waals surface area contributed by atoms with E-state index < -0.39 is 35.1 Å². The number of halogens is 2. The van der Waals surface area contributed by atoms with Gasteiger partial charge in [-0.1, -0.05) is 30.3 Å². The first-order chi connectivity index (χ1) is 10.5. The largest absolute Gasteiger partial charge is 0.480 e. The minimum absolute atomic E-state index is 0.0602. The SMILES string of the molecule is O=C(N[C@H](Cc1ccccc1)C(=O)O)c1ccc(F)cc1F. The van der Waals surface area contributed by atoms with Crippen molar-refractivity contribution in [1.29, 1.82) is 0 Å². The molecule has 0 unspecified atom stereocenters. The van der Waals surface area contributed by atoms with E-state index in [4.69, 9.17) is 0 Å². The Hall–Kier alpha value is -2.76. The zero-order valence-corrected chi connectivity index (χ0v) is 11.4.